The first-order valence-electron chi connectivity index (χ1n) is 11.3. The van der Waals surface area contributed by atoms with E-state index < -0.39 is 10.0 Å². The van der Waals surface area contributed by atoms with Gasteiger partial charge < -0.3 is 10.2 Å². The Kier molecular flexibility index (Phi) is 7.24. The zero-order valence-corrected chi connectivity index (χ0v) is 20.1. The van der Waals surface area contributed by atoms with Crippen molar-refractivity contribution in [1.29, 1.82) is 0 Å². The van der Waals surface area contributed by atoms with Gasteiger partial charge in [0, 0.05) is 31.1 Å². The predicted molar refractivity (Wildman–Crippen MR) is 126 cm³/mol. The molecular formula is C24H35N3O3S. The Bertz CT molecular complexity index is 968. The molecule has 0 aliphatic carbocycles. The summed E-state index contributed by atoms with van der Waals surface area (Å²) in [5, 5.41) is 3.04. The lowest BCUT2D eigenvalue weighted by atomic mass is 9.95. The summed E-state index contributed by atoms with van der Waals surface area (Å²) in [7, 11) is -3.72. The highest BCUT2D eigenvalue weighted by Gasteiger charge is 2.35. The van der Waals surface area contributed by atoms with Crippen molar-refractivity contribution in [2.45, 2.75) is 59.8 Å². The van der Waals surface area contributed by atoms with E-state index in [4.69, 9.17) is 0 Å². The molecule has 6 nitrogen and oxygen atoms in total. The number of carbonyl (C=O) groups is 1. The van der Waals surface area contributed by atoms with E-state index in [1.165, 1.54) is 5.56 Å². The maximum Gasteiger partial charge on any atom is 0.285 e. The minimum Gasteiger partial charge on any atom is -0.356 e. The summed E-state index contributed by atoms with van der Waals surface area (Å²) in [6.07, 6.45) is 2.39. The Hall–Kier alpha value is -2.15. The van der Waals surface area contributed by atoms with E-state index in [0.717, 1.165) is 6.42 Å². The fourth-order valence-corrected chi connectivity index (χ4v) is 5.67. The maximum absolute atomic E-state index is 12.9. The lowest BCUT2D eigenvalue weighted by Gasteiger charge is -2.32. The minimum absolute atomic E-state index is 0.0191. The van der Waals surface area contributed by atoms with Crippen molar-refractivity contribution in [2.24, 2.45) is 16.2 Å². The van der Waals surface area contributed by atoms with Crippen LogP contribution < -0.4 is 5.32 Å². The first-order valence-corrected chi connectivity index (χ1v) is 12.7. The number of sulfonamides is 1. The molecule has 7 heteroatoms. The number of hydrogen-bond donors (Lipinski definition) is 1. The van der Waals surface area contributed by atoms with Gasteiger partial charge >= 0.3 is 0 Å². The normalized spacial score (nSPS) is 19.3. The van der Waals surface area contributed by atoms with Gasteiger partial charge in [0.15, 0.2) is 0 Å². The fourth-order valence-electron chi connectivity index (χ4n) is 4.18. The van der Waals surface area contributed by atoms with Crippen LogP contribution >= 0.6 is 0 Å². The SMILES string of the molecule is CC1=C(c2ccc(C(C)C)cc2)S(=O)(=O)N=C1N1CCC(C(=O)NCCC(C)C)CC1. The number of rotatable bonds is 6. The molecule has 0 unspecified atom stereocenters. The molecule has 1 fully saturated rings. The summed E-state index contributed by atoms with van der Waals surface area (Å²) in [6, 6.07) is 7.71. The van der Waals surface area contributed by atoms with Crippen LogP contribution in [0.2, 0.25) is 0 Å². The third-order valence-electron chi connectivity index (χ3n) is 6.17. The number of benzene rings is 1. The van der Waals surface area contributed by atoms with Crippen molar-refractivity contribution in [3.8, 4) is 0 Å². The number of amides is 1. The summed E-state index contributed by atoms with van der Waals surface area (Å²) in [6.45, 7) is 12.3. The van der Waals surface area contributed by atoms with Crippen molar-refractivity contribution < 1.29 is 13.2 Å². The Labute approximate surface area is 186 Å². The molecule has 3 rings (SSSR count). The maximum atomic E-state index is 12.9. The van der Waals surface area contributed by atoms with Crippen LogP contribution in [-0.4, -0.2) is 44.7 Å². The summed E-state index contributed by atoms with van der Waals surface area (Å²) < 4.78 is 29.8. The number of nitrogens with zero attached hydrogens (tertiary/aromatic N) is 2. The second-order valence-electron chi connectivity index (χ2n) is 9.36. The van der Waals surface area contributed by atoms with Gasteiger partial charge in [0.25, 0.3) is 10.0 Å². The second kappa shape index (κ2) is 9.55. The number of amidine groups is 1. The number of nitrogens with one attached hydrogen (secondary N) is 1. The zero-order chi connectivity index (χ0) is 22.8. The van der Waals surface area contributed by atoms with Crippen molar-refractivity contribution >= 4 is 26.7 Å². The van der Waals surface area contributed by atoms with Crippen LogP contribution in [0.25, 0.3) is 4.91 Å². The molecule has 0 radical (unpaired) electrons. The van der Waals surface area contributed by atoms with Crippen LogP contribution in [0.15, 0.2) is 34.2 Å². The van der Waals surface area contributed by atoms with Gasteiger partial charge in [-0.25, -0.2) is 0 Å². The number of hydrogen-bond acceptors (Lipinski definition) is 4. The van der Waals surface area contributed by atoms with Crippen molar-refractivity contribution in [1.82, 2.24) is 10.2 Å². The standard InChI is InChI=1S/C24H35N3O3S/c1-16(2)10-13-25-24(28)21-11-14-27(15-12-21)23-18(5)22(31(29,30)26-23)20-8-6-19(7-9-20)17(3)4/h6-9,16-17,21H,10-15H2,1-5H3,(H,25,28). The summed E-state index contributed by atoms with van der Waals surface area (Å²) in [4.78, 5) is 14.7. The molecule has 2 heterocycles. The number of carbonyl (C=O) groups excluding carboxylic acids is 1. The van der Waals surface area contributed by atoms with E-state index in [1.54, 1.807) is 0 Å². The van der Waals surface area contributed by atoms with Crippen LogP contribution in [0.3, 0.4) is 0 Å². The molecule has 0 aromatic heterocycles. The molecule has 1 N–H and O–H groups in total. The third kappa shape index (κ3) is 5.37. The quantitative estimate of drug-likeness (QED) is 0.713. The first kappa shape index (κ1) is 23.5. The Morgan fingerprint density at radius 3 is 2.29 bits per heavy atom. The van der Waals surface area contributed by atoms with Gasteiger partial charge in [0.1, 0.15) is 10.7 Å². The van der Waals surface area contributed by atoms with E-state index in [1.807, 2.05) is 36.1 Å². The topological polar surface area (TPSA) is 78.8 Å². The number of likely N-dealkylation sites (tertiary alicyclic amines) is 1. The molecule has 2 aliphatic heterocycles. The average Bonchev–Trinajstić information content (AvgIpc) is 2.96. The fraction of sp³-hybridized carbons (Fsp3) is 0.583. The lowest BCUT2D eigenvalue weighted by Crippen LogP contribution is -2.43. The molecule has 1 saturated heterocycles. The zero-order valence-electron chi connectivity index (χ0n) is 19.3. The van der Waals surface area contributed by atoms with Crippen LogP contribution in [0.5, 0.6) is 0 Å². The van der Waals surface area contributed by atoms with E-state index in [9.17, 15) is 13.2 Å². The third-order valence-corrected chi connectivity index (χ3v) is 7.64. The van der Waals surface area contributed by atoms with Gasteiger partial charge in [-0.05, 0) is 49.1 Å². The lowest BCUT2D eigenvalue weighted by molar-refractivity contribution is -0.126. The van der Waals surface area contributed by atoms with Crippen molar-refractivity contribution in [3.05, 3.63) is 41.0 Å². The van der Waals surface area contributed by atoms with Gasteiger partial charge in [-0.2, -0.15) is 8.42 Å². The summed E-state index contributed by atoms with van der Waals surface area (Å²) in [5.41, 5.74) is 2.55. The Balaban J connectivity index is 1.69. The largest absolute Gasteiger partial charge is 0.356 e. The van der Waals surface area contributed by atoms with Crippen LogP contribution in [-0.2, 0) is 14.8 Å². The van der Waals surface area contributed by atoms with E-state index in [-0.39, 0.29) is 11.8 Å². The molecule has 1 aromatic carbocycles. The monoisotopic (exact) mass is 445 g/mol. The molecule has 31 heavy (non-hydrogen) atoms. The second-order valence-corrected chi connectivity index (χ2v) is 10.9. The Morgan fingerprint density at radius 1 is 1.13 bits per heavy atom. The van der Waals surface area contributed by atoms with Gasteiger partial charge in [-0.1, -0.05) is 52.0 Å². The van der Waals surface area contributed by atoms with Gasteiger partial charge in [-0.3, -0.25) is 4.79 Å². The Morgan fingerprint density at radius 2 is 1.74 bits per heavy atom. The van der Waals surface area contributed by atoms with Gasteiger partial charge in [0.2, 0.25) is 5.91 Å². The molecule has 170 valence electrons. The molecule has 2 aliphatic rings. The summed E-state index contributed by atoms with van der Waals surface area (Å²) >= 11 is 0. The molecule has 1 amide bonds. The van der Waals surface area contributed by atoms with Crippen LogP contribution in [0.1, 0.15) is 70.9 Å². The molecule has 1 aromatic rings. The van der Waals surface area contributed by atoms with Crippen molar-refractivity contribution in [2.75, 3.05) is 19.6 Å². The average molecular weight is 446 g/mol. The molecule has 0 saturated carbocycles. The van der Waals surface area contributed by atoms with Crippen LogP contribution in [0.4, 0.5) is 0 Å². The first-order chi connectivity index (χ1) is 14.6. The summed E-state index contributed by atoms with van der Waals surface area (Å²) in [5.74, 6) is 1.57. The van der Waals surface area contributed by atoms with E-state index in [0.29, 0.717) is 66.2 Å². The molecule has 0 spiro atoms. The number of piperidine rings is 1. The van der Waals surface area contributed by atoms with Crippen molar-refractivity contribution in [3.63, 3.8) is 0 Å². The van der Waals surface area contributed by atoms with E-state index in [2.05, 4.69) is 37.4 Å². The highest BCUT2D eigenvalue weighted by Crippen LogP contribution is 2.35. The smallest absolute Gasteiger partial charge is 0.285 e. The highest BCUT2D eigenvalue weighted by atomic mass is 32.2. The highest BCUT2D eigenvalue weighted by molar-refractivity contribution is 8.00. The minimum atomic E-state index is -3.72. The van der Waals surface area contributed by atoms with Gasteiger partial charge in [0.05, 0.1) is 0 Å². The predicted octanol–water partition coefficient (Wildman–Crippen LogP) is 4.16. The van der Waals surface area contributed by atoms with Gasteiger partial charge in [-0.15, -0.1) is 4.40 Å². The molecule has 0 bridgehead atoms. The molecule has 0 atom stereocenters. The van der Waals surface area contributed by atoms with E-state index >= 15 is 0 Å². The molecular weight excluding hydrogens is 410 g/mol. The van der Waals surface area contributed by atoms with Crippen LogP contribution in [0, 0.1) is 11.8 Å².